The molecule has 0 fully saturated rings. The number of aliphatic hydroxyl groups excluding tert-OH is 1. The van der Waals surface area contributed by atoms with Crippen LogP contribution in [0.1, 0.15) is 65.2 Å². The van der Waals surface area contributed by atoms with Crippen molar-refractivity contribution in [1.82, 2.24) is 0 Å². The van der Waals surface area contributed by atoms with Gasteiger partial charge in [0.15, 0.2) is 0 Å². The van der Waals surface area contributed by atoms with E-state index < -0.39 is 21.5 Å². The van der Waals surface area contributed by atoms with E-state index in [0.29, 0.717) is 12.8 Å². The summed E-state index contributed by atoms with van der Waals surface area (Å²) in [6, 6.07) is 0. The molecular weight excluding hydrogens is 263 g/mol. The van der Waals surface area contributed by atoms with Gasteiger partial charge in [-0.25, -0.2) is 8.42 Å². The molecular formula is C12H25NaO4S. The minimum Gasteiger partial charge on any atom is -0.748 e. The second-order valence-corrected chi connectivity index (χ2v) is 6.53. The first-order valence-corrected chi connectivity index (χ1v) is 7.97. The minimum atomic E-state index is -4.19. The van der Waals surface area contributed by atoms with Crippen molar-refractivity contribution in [3.8, 4) is 0 Å². The molecule has 0 bridgehead atoms. The molecule has 0 aliphatic heterocycles. The van der Waals surface area contributed by atoms with Crippen LogP contribution in [-0.2, 0) is 10.1 Å². The fraction of sp³-hybridized carbons (Fsp3) is 1.00. The standard InChI is InChI=1S/C12H26O4S.Na/c1-3-4-5-6-7-8-12(13)10-9-11(2)17(14,15)16;/h11-13H,3-10H2,1-2H3,(H,14,15,16);/q;+1/p-1. The molecule has 4 nitrogen and oxygen atoms in total. The van der Waals surface area contributed by atoms with Gasteiger partial charge in [0.1, 0.15) is 0 Å². The molecule has 0 heterocycles. The molecule has 18 heavy (non-hydrogen) atoms. The van der Waals surface area contributed by atoms with Crippen molar-refractivity contribution in [1.29, 1.82) is 0 Å². The van der Waals surface area contributed by atoms with E-state index in [0.717, 1.165) is 12.8 Å². The van der Waals surface area contributed by atoms with E-state index in [-0.39, 0.29) is 36.0 Å². The molecule has 0 saturated carbocycles. The molecule has 2 atom stereocenters. The average molecular weight is 288 g/mol. The normalized spacial score (nSPS) is 14.9. The summed E-state index contributed by atoms with van der Waals surface area (Å²) < 4.78 is 31.9. The van der Waals surface area contributed by atoms with Crippen molar-refractivity contribution in [2.24, 2.45) is 0 Å². The molecule has 0 radical (unpaired) electrons. The van der Waals surface area contributed by atoms with Gasteiger partial charge in [-0.15, -0.1) is 0 Å². The van der Waals surface area contributed by atoms with Gasteiger partial charge < -0.3 is 9.66 Å². The second-order valence-electron chi connectivity index (χ2n) is 4.74. The Kier molecular flexibility index (Phi) is 13.7. The maximum Gasteiger partial charge on any atom is 1.00 e. The Morgan fingerprint density at radius 1 is 1.06 bits per heavy atom. The third kappa shape index (κ3) is 11.9. The van der Waals surface area contributed by atoms with Crippen molar-refractivity contribution >= 4 is 10.1 Å². The molecule has 0 aromatic rings. The van der Waals surface area contributed by atoms with Gasteiger partial charge in [-0.3, -0.25) is 0 Å². The van der Waals surface area contributed by atoms with E-state index in [1.54, 1.807) is 0 Å². The van der Waals surface area contributed by atoms with Gasteiger partial charge in [0.05, 0.1) is 16.2 Å². The van der Waals surface area contributed by atoms with Crippen molar-refractivity contribution in [3.05, 3.63) is 0 Å². The van der Waals surface area contributed by atoms with Gasteiger partial charge in [-0.05, 0) is 26.2 Å². The van der Waals surface area contributed by atoms with Crippen molar-refractivity contribution in [2.45, 2.75) is 76.6 Å². The maximum atomic E-state index is 10.6. The Labute approximate surface area is 134 Å². The molecule has 1 N–H and O–H groups in total. The average Bonchev–Trinajstić information content (AvgIpc) is 2.24. The predicted octanol–water partition coefficient (Wildman–Crippen LogP) is -0.574. The molecule has 104 valence electrons. The SMILES string of the molecule is CCCCCCCC(O)CCC(C)S(=O)(=O)[O-].[Na+]. The summed E-state index contributed by atoms with van der Waals surface area (Å²) in [5.74, 6) is 0. The van der Waals surface area contributed by atoms with Crippen LogP contribution in [0.3, 0.4) is 0 Å². The largest absolute Gasteiger partial charge is 1.00 e. The third-order valence-electron chi connectivity index (χ3n) is 3.04. The fourth-order valence-corrected chi connectivity index (χ4v) is 2.12. The Balaban J connectivity index is 0. The van der Waals surface area contributed by atoms with Crippen molar-refractivity contribution < 1.29 is 47.6 Å². The summed E-state index contributed by atoms with van der Waals surface area (Å²) >= 11 is 0. The molecule has 0 aliphatic carbocycles. The summed E-state index contributed by atoms with van der Waals surface area (Å²) in [7, 11) is -4.19. The molecule has 6 heteroatoms. The van der Waals surface area contributed by atoms with Crippen LogP contribution in [0.15, 0.2) is 0 Å². The zero-order chi connectivity index (χ0) is 13.3. The zero-order valence-corrected chi connectivity index (χ0v) is 14.7. The van der Waals surface area contributed by atoms with E-state index in [1.807, 2.05) is 0 Å². The van der Waals surface area contributed by atoms with Crippen LogP contribution in [0.25, 0.3) is 0 Å². The van der Waals surface area contributed by atoms with E-state index in [1.165, 1.54) is 26.2 Å². The van der Waals surface area contributed by atoms with E-state index in [2.05, 4.69) is 6.92 Å². The first-order chi connectivity index (χ1) is 7.88. The molecule has 0 aromatic heterocycles. The molecule has 0 amide bonds. The van der Waals surface area contributed by atoms with Crippen LogP contribution in [0.5, 0.6) is 0 Å². The summed E-state index contributed by atoms with van der Waals surface area (Å²) in [6.07, 6.45) is 6.58. The Morgan fingerprint density at radius 2 is 1.61 bits per heavy atom. The van der Waals surface area contributed by atoms with Gasteiger partial charge >= 0.3 is 29.6 Å². The van der Waals surface area contributed by atoms with Gasteiger partial charge in [-0.2, -0.15) is 0 Å². The third-order valence-corrected chi connectivity index (χ3v) is 4.26. The summed E-state index contributed by atoms with van der Waals surface area (Å²) in [5.41, 5.74) is 0. The van der Waals surface area contributed by atoms with Gasteiger partial charge in [0.25, 0.3) is 0 Å². The number of hydrogen-bond acceptors (Lipinski definition) is 4. The van der Waals surface area contributed by atoms with Crippen LogP contribution in [0.2, 0.25) is 0 Å². The Morgan fingerprint density at radius 3 is 2.11 bits per heavy atom. The smallest absolute Gasteiger partial charge is 0.748 e. The summed E-state index contributed by atoms with van der Waals surface area (Å²) in [5, 5.41) is 8.73. The van der Waals surface area contributed by atoms with E-state index in [9.17, 15) is 18.1 Å². The molecule has 0 saturated heterocycles. The molecule has 0 aromatic carbocycles. The van der Waals surface area contributed by atoms with Gasteiger partial charge in [-0.1, -0.05) is 39.0 Å². The minimum absolute atomic E-state index is 0. The molecule has 0 aliphatic rings. The molecule has 0 rings (SSSR count). The van der Waals surface area contributed by atoms with Crippen LogP contribution in [-0.4, -0.2) is 29.4 Å². The van der Waals surface area contributed by atoms with Crippen LogP contribution >= 0.6 is 0 Å². The van der Waals surface area contributed by atoms with Gasteiger partial charge in [0.2, 0.25) is 0 Å². The number of aliphatic hydroxyl groups is 1. The summed E-state index contributed by atoms with van der Waals surface area (Å²) in [4.78, 5) is 0. The predicted molar refractivity (Wildman–Crippen MR) is 67.8 cm³/mol. The number of unbranched alkanes of at least 4 members (excludes halogenated alkanes) is 4. The quantitative estimate of drug-likeness (QED) is 0.332. The van der Waals surface area contributed by atoms with E-state index in [4.69, 9.17) is 0 Å². The first kappa shape index (κ1) is 21.2. The van der Waals surface area contributed by atoms with Crippen molar-refractivity contribution in [3.63, 3.8) is 0 Å². The fourth-order valence-electron chi connectivity index (χ4n) is 1.70. The zero-order valence-electron chi connectivity index (χ0n) is 11.9. The first-order valence-electron chi connectivity index (χ1n) is 6.50. The molecule has 0 spiro atoms. The summed E-state index contributed by atoms with van der Waals surface area (Å²) in [6.45, 7) is 3.55. The van der Waals surface area contributed by atoms with Crippen molar-refractivity contribution in [2.75, 3.05) is 0 Å². The van der Waals surface area contributed by atoms with Crippen LogP contribution in [0.4, 0.5) is 0 Å². The second kappa shape index (κ2) is 11.7. The maximum absolute atomic E-state index is 10.6. The Hall–Kier alpha value is 0.870. The topological polar surface area (TPSA) is 77.4 Å². The monoisotopic (exact) mass is 288 g/mol. The van der Waals surface area contributed by atoms with E-state index >= 15 is 0 Å². The van der Waals surface area contributed by atoms with Crippen LogP contribution < -0.4 is 29.6 Å². The number of rotatable bonds is 10. The van der Waals surface area contributed by atoms with Gasteiger partial charge in [0, 0.05) is 5.25 Å². The molecule has 2 unspecified atom stereocenters. The van der Waals surface area contributed by atoms with Crippen LogP contribution in [0, 0.1) is 0 Å². The Bertz CT molecular complexity index is 280. The number of hydrogen-bond donors (Lipinski definition) is 1.